The van der Waals surface area contributed by atoms with Crippen LogP contribution >= 0.6 is 0 Å². The smallest absolute Gasteiger partial charge is 0.229 e. The molecule has 10 nitrogen and oxygen atoms in total. The first-order valence-corrected chi connectivity index (χ1v) is 14.9. The summed E-state index contributed by atoms with van der Waals surface area (Å²) in [7, 11) is 0. The van der Waals surface area contributed by atoms with Crippen molar-refractivity contribution in [3.63, 3.8) is 0 Å². The molecule has 1 saturated carbocycles. The Morgan fingerprint density at radius 1 is 1.05 bits per heavy atom. The summed E-state index contributed by atoms with van der Waals surface area (Å²) in [6.07, 6.45) is 12.4. The van der Waals surface area contributed by atoms with Gasteiger partial charge in [0.15, 0.2) is 17.0 Å². The molecule has 1 N–H and O–H groups in total. The Morgan fingerprint density at radius 2 is 1.87 bits per heavy atom. The number of rotatable bonds is 10. The molecule has 0 spiro atoms. The van der Waals surface area contributed by atoms with E-state index in [4.69, 9.17) is 15.0 Å². The maximum absolute atomic E-state index is 13.1. The van der Waals surface area contributed by atoms with Gasteiger partial charge in [0.2, 0.25) is 17.8 Å². The lowest BCUT2D eigenvalue weighted by Gasteiger charge is -2.34. The van der Waals surface area contributed by atoms with Crippen molar-refractivity contribution in [2.75, 3.05) is 56.0 Å². The summed E-state index contributed by atoms with van der Waals surface area (Å²) in [5.41, 5.74) is 1.70. The van der Waals surface area contributed by atoms with Crippen molar-refractivity contribution in [2.45, 2.75) is 84.1 Å². The molecule has 0 aromatic carbocycles. The summed E-state index contributed by atoms with van der Waals surface area (Å²) in [5, 5.41) is 3.53. The van der Waals surface area contributed by atoms with E-state index in [1.165, 1.54) is 19.3 Å². The van der Waals surface area contributed by atoms with Crippen LogP contribution in [-0.2, 0) is 9.59 Å². The third-order valence-electron chi connectivity index (χ3n) is 8.57. The SMILES string of the molecule is CCN(CC)C(=O)C1CCCN(c2nc(NCCCN3CCCC3=O)c3ncn(C4CCCCC4)c3n2)C1. The fraction of sp³-hybridized carbons (Fsp3) is 0.750. The molecule has 3 aliphatic rings. The quantitative estimate of drug-likeness (QED) is 0.472. The Labute approximate surface area is 226 Å². The van der Waals surface area contributed by atoms with Gasteiger partial charge < -0.3 is 24.6 Å². The first kappa shape index (κ1) is 26.7. The number of hydrogen-bond donors (Lipinski definition) is 1. The highest BCUT2D eigenvalue weighted by atomic mass is 16.2. The minimum absolute atomic E-state index is 0.0272. The zero-order valence-electron chi connectivity index (χ0n) is 23.2. The number of hydrogen-bond acceptors (Lipinski definition) is 7. The molecule has 3 fully saturated rings. The first-order valence-electron chi connectivity index (χ1n) is 14.9. The molecule has 4 heterocycles. The van der Waals surface area contributed by atoms with Crippen LogP contribution in [0.2, 0.25) is 0 Å². The van der Waals surface area contributed by atoms with Crippen LogP contribution in [0.4, 0.5) is 11.8 Å². The van der Waals surface area contributed by atoms with E-state index < -0.39 is 0 Å². The summed E-state index contributed by atoms with van der Waals surface area (Å²) in [6, 6.07) is 0.420. The third kappa shape index (κ3) is 5.73. The minimum atomic E-state index is -0.0272. The van der Waals surface area contributed by atoms with Crippen LogP contribution in [0.1, 0.15) is 84.1 Å². The van der Waals surface area contributed by atoms with Gasteiger partial charge in [0.05, 0.1) is 12.2 Å². The molecule has 1 aliphatic carbocycles. The van der Waals surface area contributed by atoms with E-state index >= 15 is 0 Å². The van der Waals surface area contributed by atoms with Crippen LogP contribution in [0.15, 0.2) is 6.33 Å². The molecule has 1 atom stereocenters. The molecular weight excluding hydrogens is 480 g/mol. The Morgan fingerprint density at radius 3 is 2.61 bits per heavy atom. The fourth-order valence-corrected chi connectivity index (χ4v) is 6.37. The lowest BCUT2D eigenvalue weighted by molar-refractivity contribution is -0.135. The number of aromatic nitrogens is 4. The molecule has 2 aromatic rings. The second kappa shape index (κ2) is 12.3. The van der Waals surface area contributed by atoms with Gasteiger partial charge in [0.1, 0.15) is 0 Å². The number of nitrogens with one attached hydrogen (secondary N) is 1. The maximum Gasteiger partial charge on any atom is 0.229 e. The normalized spacial score (nSPS) is 20.9. The highest BCUT2D eigenvalue weighted by Gasteiger charge is 2.31. The van der Waals surface area contributed by atoms with Gasteiger partial charge in [-0.25, -0.2) is 4.98 Å². The molecule has 10 heteroatoms. The number of nitrogens with zero attached hydrogens (tertiary/aromatic N) is 7. The van der Waals surface area contributed by atoms with Crippen LogP contribution in [0, 0.1) is 5.92 Å². The molecule has 2 amide bonds. The first-order chi connectivity index (χ1) is 18.6. The number of anilines is 2. The Hall–Kier alpha value is -2.91. The van der Waals surface area contributed by atoms with Gasteiger partial charge in [-0.1, -0.05) is 19.3 Å². The third-order valence-corrected chi connectivity index (χ3v) is 8.57. The molecule has 0 bridgehead atoms. The average Bonchev–Trinajstić information content (AvgIpc) is 3.58. The topological polar surface area (TPSA) is 99.5 Å². The standard InChI is InChI=1S/C28H44N8O2/c1-3-33(4-2)27(38)21-11-8-17-35(19-21)28-31-25(29-15-10-18-34-16-9-14-23(34)37)24-26(32-28)36(20-30-24)22-12-6-5-7-13-22/h20-22H,3-19H2,1-2H3,(H,29,31,32). The summed E-state index contributed by atoms with van der Waals surface area (Å²) in [4.78, 5) is 46.0. The van der Waals surface area contributed by atoms with Crippen LogP contribution in [0.3, 0.4) is 0 Å². The number of carbonyl (C=O) groups excluding carboxylic acids is 2. The van der Waals surface area contributed by atoms with Gasteiger partial charge in [0, 0.05) is 58.3 Å². The predicted molar refractivity (Wildman–Crippen MR) is 149 cm³/mol. The predicted octanol–water partition coefficient (Wildman–Crippen LogP) is 3.84. The number of fused-ring (bicyclic) bond motifs is 1. The van der Waals surface area contributed by atoms with Gasteiger partial charge in [-0.2, -0.15) is 9.97 Å². The van der Waals surface area contributed by atoms with Gasteiger partial charge in [0.25, 0.3) is 0 Å². The van der Waals surface area contributed by atoms with Crippen LogP contribution in [0.25, 0.3) is 11.2 Å². The lowest BCUT2D eigenvalue weighted by Crippen LogP contribution is -2.45. The second-order valence-corrected chi connectivity index (χ2v) is 11.0. The summed E-state index contributed by atoms with van der Waals surface area (Å²) in [6.45, 7) is 9.43. The average molecular weight is 525 g/mol. The molecule has 2 aliphatic heterocycles. The van der Waals surface area contributed by atoms with Crippen molar-refractivity contribution in [3.05, 3.63) is 6.33 Å². The Kier molecular flexibility index (Phi) is 8.64. The monoisotopic (exact) mass is 524 g/mol. The van der Waals surface area contributed by atoms with Crippen molar-refractivity contribution in [3.8, 4) is 0 Å². The minimum Gasteiger partial charge on any atom is -0.368 e. The maximum atomic E-state index is 13.1. The fourth-order valence-electron chi connectivity index (χ4n) is 6.37. The molecule has 5 rings (SSSR count). The zero-order valence-corrected chi connectivity index (χ0v) is 23.2. The highest BCUT2D eigenvalue weighted by molar-refractivity contribution is 5.85. The van der Waals surface area contributed by atoms with E-state index in [2.05, 4.69) is 14.8 Å². The molecule has 0 radical (unpaired) electrons. The van der Waals surface area contributed by atoms with Crippen molar-refractivity contribution in [1.29, 1.82) is 0 Å². The van der Waals surface area contributed by atoms with Crippen LogP contribution < -0.4 is 10.2 Å². The summed E-state index contributed by atoms with van der Waals surface area (Å²) in [5.74, 6) is 1.92. The van der Waals surface area contributed by atoms with E-state index in [9.17, 15) is 9.59 Å². The summed E-state index contributed by atoms with van der Waals surface area (Å²) < 4.78 is 2.26. The number of likely N-dealkylation sites (tertiary alicyclic amines) is 1. The Bertz CT molecular complexity index is 1110. The molecule has 38 heavy (non-hydrogen) atoms. The van der Waals surface area contributed by atoms with Crippen molar-refractivity contribution in [1.82, 2.24) is 29.3 Å². The Balaban J connectivity index is 1.38. The van der Waals surface area contributed by atoms with E-state index in [0.717, 1.165) is 88.2 Å². The van der Waals surface area contributed by atoms with Gasteiger partial charge >= 0.3 is 0 Å². The summed E-state index contributed by atoms with van der Waals surface area (Å²) >= 11 is 0. The number of piperidine rings is 1. The van der Waals surface area contributed by atoms with Crippen LogP contribution in [0.5, 0.6) is 0 Å². The van der Waals surface area contributed by atoms with Gasteiger partial charge in [-0.15, -0.1) is 0 Å². The van der Waals surface area contributed by atoms with Gasteiger partial charge in [-0.3, -0.25) is 9.59 Å². The van der Waals surface area contributed by atoms with Gasteiger partial charge in [-0.05, 0) is 52.4 Å². The molecule has 2 aromatic heterocycles. The van der Waals surface area contributed by atoms with Crippen molar-refractivity contribution >= 4 is 34.7 Å². The largest absolute Gasteiger partial charge is 0.368 e. The van der Waals surface area contributed by atoms with Crippen molar-refractivity contribution < 1.29 is 9.59 Å². The molecule has 2 saturated heterocycles. The van der Waals surface area contributed by atoms with E-state index in [-0.39, 0.29) is 17.7 Å². The zero-order chi connectivity index (χ0) is 26.5. The number of amides is 2. The second-order valence-electron chi connectivity index (χ2n) is 11.0. The molecular formula is C28H44N8O2. The van der Waals surface area contributed by atoms with E-state index in [0.29, 0.717) is 31.5 Å². The van der Waals surface area contributed by atoms with E-state index in [1.54, 1.807) is 0 Å². The number of imidazole rings is 1. The number of carbonyl (C=O) groups is 2. The van der Waals surface area contributed by atoms with E-state index in [1.807, 2.05) is 30.0 Å². The van der Waals surface area contributed by atoms with Crippen LogP contribution in [-0.4, -0.2) is 86.9 Å². The molecule has 208 valence electrons. The highest BCUT2D eigenvalue weighted by Crippen LogP contribution is 2.33. The van der Waals surface area contributed by atoms with Crippen molar-refractivity contribution in [2.24, 2.45) is 5.92 Å². The molecule has 1 unspecified atom stereocenters. The lowest BCUT2D eigenvalue weighted by atomic mass is 9.95.